The zero-order valence-corrected chi connectivity index (χ0v) is 11.5. The smallest absolute Gasteiger partial charge is 0.124 e. The summed E-state index contributed by atoms with van der Waals surface area (Å²) in [4.78, 5) is 4.50. The van der Waals surface area contributed by atoms with E-state index < -0.39 is 10.8 Å². The first kappa shape index (κ1) is 12.6. The molecule has 0 radical (unpaired) electrons. The molecule has 0 saturated carbocycles. The molecule has 1 aromatic heterocycles. The molecule has 0 aliphatic carbocycles. The third kappa shape index (κ3) is 2.53. The lowest BCUT2D eigenvalue weighted by Crippen LogP contribution is -2.09. The van der Waals surface area contributed by atoms with Gasteiger partial charge in [0.05, 0.1) is 16.9 Å². The van der Waals surface area contributed by atoms with Crippen molar-refractivity contribution in [3.05, 3.63) is 29.6 Å². The van der Waals surface area contributed by atoms with E-state index in [0.717, 1.165) is 16.9 Å². The lowest BCUT2D eigenvalue weighted by Gasteiger charge is -2.07. The fourth-order valence-electron chi connectivity index (χ4n) is 1.98. The van der Waals surface area contributed by atoms with Gasteiger partial charge < -0.3 is 4.57 Å². The highest BCUT2D eigenvalue weighted by Gasteiger charge is 2.11. The van der Waals surface area contributed by atoms with E-state index in [1.54, 1.807) is 6.26 Å². The monoisotopic (exact) mass is 270 g/mol. The van der Waals surface area contributed by atoms with Crippen molar-refractivity contribution >= 4 is 33.4 Å². The molecular formula is C12H15ClN2OS. The van der Waals surface area contributed by atoms with Gasteiger partial charge in [-0.1, -0.05) is 12.1 Å². The molecule has 5 heteroatoms. The van der Waals surface area contributed by atoms with Crippen LogP contribution in [0.5, 0.6) is 0 Å². The average molecular weight is 271 g/mol. The molecular weight excluding hydrogens is 256 g/mol. The topological polar surface area (TPSA) is 34.9 Å². The third-order valence-electron chi connectivity index (χ3n) is 2.77. The second kappa shape index (κ2) is 5.19. The molecule has 92 valence electrons. The minimum atomic E-state index is -0.802. The Hall–Kier alpha value is -0.870. The number of aromatic nitrogens is 2. The van der Waals surface area contributed by atoms with Crippen LogP contribution in [0.2, 0.25) is 0 Å². The van der Waals surface area contributed by atoms with Gasteiger partial charge in [0.25, 0.3) is 0 Å². The molecule has 2 aromatic rings. The first-order valence-electron chi connectivity index (χ1n) is 5.44. The number of hydrogen-bond acceptors (Lipinski definition) is 2. The number of halogens is 1. The molecule has 0 saturated heterocycles. The standard InChI is InChI=1S/C12H15ClN2OS/c1-9-4-3-5-10-12(9)15(6-7-17(2)16)11(8-13)14-10/h3-5H,6-8H2,1-2H3. The van der Waals surface area contributed by atoms with E-state index in [9.17, 15) is 4.21 Å². The molecule has 1 unspecified atom stereocenters. The molecule has 0 N–H and O–H groups in total. The number of nitrogens with zero attached hydrogens (tertiary/aromatic N) is 2. The lowest BCUT2D eigenvalue weighted by molar-refractivity contribution is 0.676. The molecule has 0 aliphatic heterocycles. The number of rotatable bonds is 4. The summed E-state index contributed by atoms with van der Waals surface area (Å²) in [7, 11) is -0.802. The van der Waals surface area contributed by atoms with E-state index in [1.165, 1.54) is 5.56 Å². The van der Waals surface area contributed by atoms with Crippen molar-refractivity contribution in [1.29, 1.82) is 0 Å². The van der Waals surface area contributed by atoms with Gasteiger partial charge in [0, 0.05) is 29.4 Å². The average Bonchev–Trinajstić information content (AvgIpc) is 2.65. The van der Waals surface area contributed by atoms with Gasteiger partial charge in [-0.3, -0.25) is 4.21 Å². The summed E-state index contributed by atoms with van der Waals surface area (Å²) in [5.41, 5.74) is 3.24. The Balaban J connectivity index is 2.53. The molecule has 0 aliphatic rings. The summed E-state index contributed by atoms with van der Waals surface area (Å²) >= 11 is 5.91. The van der Waals surface area contributed by atoms with Crippen LogP contribution in [-0.4, -0.2) is 25.8 Å². The molecule has 1 atom stereocenters. The summed E-state index contributed by atoms with van der Waals surface area (Å²) < 4.78 is 13.3. The molecule has 0 amide bonds. The molecule has 0 spiro atoms. The highest BCUT2D eigenvalue weighted by molar-refractivity contribution is 7.84. The molecule has 1 heterocycles. The largest absolute Gasteiger partial charge is 0.326 e. The Labute approximate surface area is 108 Å². The zero-order chi connectivity index (χ0) is 12.4. The maximum Gasteiger partial charge on any atom is 0.124 e. The van der Waals surface area contributed by atoms with E-state index in [0.29, 0.717) is 18.2 Å². The van der Waals surface area contributed by atoms with Gasteiger partial charge in [0.15, 0.2) is 0 Å². The van der Waals surface area contributed by atoms with Gasteiger partial charge >= 0.3 is 0 Å². The van der Waals surface area contributed by atoms with Gasteiger partial charge in [-0.2, -0.15) is 0 Å². The van der Waals surface area contributed by atoms with E-state index in [1.807, 2.05) is 12.1 Å². The van der Waals surface area contributed by atoms with E-state index >= 15 is 0 Å². The Bertz CT molecular complexity index is 565. The van der Waals surface area contributed by atoms with Crippen LogP contribution in [-0.2, 0) is 23.2 Å². The minimum absolute atomic E-state index is 0.379. The van der Waals surface area contributed by atoms with Crippen LogP contribution < -0.4 is 0 Å². The maximum absolute atomic E-state index is 11.2. The van der Waals surface area contributed by atoms with Crippen LogP contribution in [0.3, 0.4) is 0 Å². The van der Waals surface area contributed by atoms with Gasteiger partial charge in [0.2, 0.25) is 0 Å². The summed E-state index contributed by atoms with van der Waals surface area (Å²) in [5.74, 6) is 1.86. The maximum atomic E-state index is 11.2. The summed E-state index contributed by atoms with van der Waals surface area (Å²) in [6.45, 7) is 2.76. The van der Waals surface area contributed by atoms with E-state index in [2.05, 4.69) is 22.5 Å². The second-order valence-electron chi connectivity index (χ2n) is 4.03. The highest BCUT2D eigenvalue weighted by atomic mass is 35.5. The van der Waals surface area contributed by atoms with Crippen molar-refractivity contribution in [2.24, 2.45) is 0 Å². The molecule has 0 bridgehead atoms. The lowest BCUT2D eigenvalue weighted by atomic mass is 10.2. The van der Waals surface area contributed by atoms with Crippen molar-refractivity contribution in [3.8, 4) is 0 Å². The van der Waals surface area contributed by atoms with Gasteiger partial charge in [-0.05, 0) is 18.6 Å². The van der Waals surface area contributed by atoms with Crippen LogP contribution >= 0.6 is 11.6 Å². The Kier molecular flexibility index (Phi) is 3.84. The van der Waals surface area contributed by atoms with Gasteiger partial charge in [-0.25, -0.2) is 4.98 Å². The summed E-state index contributed by atoms with van der Waals surface area (Å²) in [6, 6.07) is 6.03. The minimum Gasteiger partial charge on any atom is -0.326 e. The quantitative estimate of drug-likeness (QED) is 0.800. The molecule has 1 aromatic carbocycles. The van der Waals surface area contributed by atoms with Crippen LogP contribution in [0.15, 0.2) is 18.2 Å². The molecule has 17 heavy (non-hydrogen) atoms. The fraction of sp³-hybridized carbons (Fsp3) is 0.417. The SMILES string of the molecule is Cc1cccc2nc(CCl)n(CCS(C)=O)c12. The number of fused-ring (bicyclic) bond motifs is 1. The summed E-state index contributed by atoms with van der Waals surface area (Å²) in [5, 5.41) is 0. The van der Waals surface area contributed by atoms with Crippen molar-refractivity contribution in [3.63, 3.8) is 0 Å². The van der Waals surface area contributed by atoms with Crippen LogP contribution in [0.4, 0.5) is 0 Å². The Morgan fingerprint density at radius 2 is 2.24 bits per heavy atom. The predicted octanol–water partition coefficient (Wildman–Crippen LogP) is 2.46. The predicted molar refractivity (Wildman–Crippen MR) is 73.0 cm³/mol. The molecule has 0 fully saturated rings. The first-order chi connectivity index (χ1) is 8.13. The Morgan fingerprint density at radius 1 is 1.47 bits per heavy atom. The van der Waals surface area contributed by atoms with Gasteiger partial charge in [0.1, 0.15) is 5.82 Å². The van der Waals surface area contributed by atoms with Crippen LogP contribution in [0.25, 0.3) is 11.0 Å². The first-order valence-corrected chi connectivity index (χ1v) is 7.70. The normalized spacial score (nSPS) is 13.1. The number of benzene rings is 1. The number of alkyl halides is 1. The fourth-order valence-corrected chi connectivity index (χ4v) is 2.62. The van der Waals surface area contributed by atoms with Crippen LogP contribution in [0, 0.1) is 6.92 Å². The van der Waals surface area contributed by atoms with Crippen molar-refractivity contribution in [2.75, 3.05) is 12.0 Å². The number of imidazole rings is 1. The summed E-state index contributed by atoms with van der Waals surface area (Å²) in [6.07, 6.45) is 1.71. The second-order valence-corrected chi connectivity index (χ2v) is 5.86. The van der Waals surface area contributed by atoms with E-state index in [4.69, 9.17) is 11.6 Å². The Morgan fingerprint density at radius 3 is 2.88 bits per heavy atom. The number of hydrogen-bond donors (Lipinski definition) is 0. The molecule has 2 rings (SSSR count). The van der Waals surface area contributed by atoms with Crippen LogP contribution in [0.1, 0.15) is 11.4 Å². The van der Waals surface area contributed by atoms with Gasteiger partial charge in [-0.15, -0.1) is 11.6 Å². The third-order valence-corrected chi connectivity index (χ3v) is 3.77. The van der Waals surface area contributed by atoms with Crippen molar-refractivity contribution in [2.45, 2.75) is 19.3 Å². The van der Waals surface area contributed by atoms with E-state index in [-0.39, 0.29) is 0 Å². The van der Waals surface area contributed by atoms with Crippen molar-refractivity contribution < 1.29 is 4.21 Å². The molecule has 3 nitrogen and oxygen atoms in total. The number of aryl methyl sites for hydroxylation is 2. The zero-order valence-electron chi connectivity index (χ0n) is 9.94. The number of para-hydroxylation sites is 1. The van der Waals surface area contributed by atoms with Crippen molar-refractivity contribution in [1.82, 2.24) is 9.55 Å². The highest BCUT2D eigenvalue weighted by Crippen LogP contribution is 2.21.